The van der Waals surface area contributed by atoms with Gasteiger partial charge in [-0.1, -0.05) is 24.9 Å². The van der Waals surface area contributed by atoms with E-state index in [1.807, 2.05) is 13.0 Å². The van der Waals surface area contributed by atoms with Crippen LogP contribution in [0.2, 0.25) is 5.02 Å². The van der Waals surface area contributed by atoms with Crippen LogP contribution in [0.4, 0.5) is 5.69 Å². The molecule has 0 fully saturated rings. The van der Waals surface area contributed by atoms with Crippen molar-refractivity contribution in [3.8, 4) is 6.07 Å². The zero-order valence-electron chi connectivity index (χ0n) is 10.2. The van der Waals surface area contributed by atoms with Crippen molar-refractivity contribution in [3.05, 3.63) is 28.8 Å². The van der Waals surface area contributed by atoms with Gasteiger partial charge in [0, 0.05) is 12.1 Å². The van der Waals surface area contributed by atoms with Crippen molar-refractivity contribution >= 4 is 23.2 Å². The fraction of sp³-hybridized carbons (Fsp3) is 0.385. The van der Waals surface area contributed by atoms with Crippen molar-refractivity contribution in [1.82, 2.24) is 0 Å². The largest absolute Gasteiger partial charge is 0.330 e. The molecule has 4 nitrogen and oxygen atoms in total. The van der Waals surface area contributed by atoms with Gasteiger partial charge in [0.2, 0.25) is 5.91 Å². The molecule has 0 aliphatic carbocycles. The van der Waals surface area contributed by atoms with E-state index in [1.54, 1.807) is 18.2 Å². The van der Waals surface area contributed by atoms with Crippen LogP contribution >= 0.6 is 11.6 Å². The highest BCUT2D eigenvalue weighted by atomic mass is 35.5. The van der Waals surface area contributed by atoms with Crippen LogP contribution in [0.1, 0.15) is 25.3 Å². The predicted molar refractivity (Wildman–Crippen MR) is 72.2 cm³/mol. The molecule has 0 bridgehead atoms. The van der Waals surface area contributed by atoms with Crippen molar-refractivity contribution in [2.45, 2.75) is 19.8 Å². The van der Waals surface area contributed by atoms with Gasteiger partial charge in [-0.25, -0.2) is 0 Å². The Morgan fingerprint density at radius 2 is 2.33 bits per heavy atom. The van der Waals surface area contributed by atoms with Gasteiger partial charge >= 0.3 is 0 Å². The first-order chi connectivity index (χ1) is 8.60. The highest BCUT2D eigenvalue weighted by Gasteiger charge is 2.11. The quantitative estimate of drug-likeness (QED) is 0.859. The Bertz CT molecular complexity index is 464. The van der Waals surface area contributed by atoms with E-state index in [1.165, 1.54) is 0 Å². The molecule has 0 aliphatic rings. The number of halogens is 1. The molecule has 1 aromatic carbocycles. The third kappa shape index (κ3) is 4.02. The Morgan fingerprint density at radius 3 is 2.83 bits per heavy atom. The van der Waals surface area contributed by atoms with E-state index >= 15 is 0 Å². The van der Waals surface area contributed by atoms with Crippen LogP contribution in [0.5, 0.6) is 0 Å². The molecule has 18 heavy (non-hydrogen) atoms. The topological polar surface area (TPSA) is 78.9 Å². The van der Waals surface area contributed by atoms with Gasteiger partial charge in [-0.3, -0.25) is 4.79 Å². The first-order valence-electron chi connectivity index (χ1n) is 5.80. The highest BCUT2D eigenvalue weighted by molar-refractivity contribution is 6.32. The minimum absolute atomic E-state index is 0.0897. The van der Waals surface area contributed by atoms with E-state index < -0.39 is 0 Å². The van der Waals surface area contributed by atoms with Crippen LogP contribution in [-0.2, 0) is 4.79 Å². The van der Waals surface area contributed by atoms with E-state index in [2.05, 4.69) is 5.32 Å². The molecule has 0 heterocycles. The van der Waals surface area contributed by atoms with Crippen LogP contribution in [0, 0.1) is 17.2 Å². The molecule has 0 aliphatic heterocycles. The average molecular weight is 266 g/mol. The molecule has 3 N–H and O–H groups in total. The maximum Gasteiger partial charge on any atom is 0.224 e. The molecule has 1 amide bonds. The molecule has 0 radical (unpaired) electrons. The summed E-state index contributed by atoms with van der Waals surface area (Å²) in [5.41, 5.74) is 6.53. The van der Waals surface area contributed by atoms with Gasteiger partial charge in [0.25, 0.3) is 0 Å². The molecule has 0 spiro atoms. The molecule has 5 heteroatoms. The number of rotatable bonds is 5. The van der Waals surface area contributed by atoms with Crippen LogP contribution in [-0.4, -0.2) is 12.5 Å². The number of nitrogens with one attached hydrogen (secondary N) is 1. The zero-order valence-corrected chi connectivity index (χ0v) is 11.0. The number of anilines is 1. The van der Waals surface area contributed by atoms with E-state index in [0.29, 0.717) is 29.2 Å². The number of carbonyl (C=O) groups excluding carboxylic acids is 1. The Hall–Kier alpha value is -1.57. The maximum absolute atomic E-state index is 11.7. The Balaban J connectivity index is 2.65. The minimum atomic E-state index is -0.0897. The number of amides is 1. The summed E-state index contributed by atoms with van der Waals surface area (Å²) in [5, 5.41) is 11.8. The minimum Gasteiger partial charge on any atom is -0.330 e. The molecular weight excluding hydrogens is 250 g/mol. The van der Waals surface area contributed by atoms with E-state index in [-0.39, 0.29) is 11.8 Å². The SMILES string of the molecule is CCC(CN)CC(=O)Nc1ccc(C#N)c(Cl)c1. The van der Waals surface area contributed by atoms with Crippen molar-refractivity contribution in [2.75, 3.05) is 11.9 Å². The van der Waals surface area contributed by atoms with Crippen LogP contribution in [0.25, 0.3) is 0 Å². The number of carbonyl (C=O) groups is 1. The van der Waals surface area contributed by atoms with Crippen LogP contribution in [0.3, 0.4) is 0 Å². The lowest BCUT2D eigenvalue weighted by atomic mass is 10.0. The molecule has 1 rings (SSSR count). The van der Waals surface area contributed by atoms with E-state index in [0.717, 1.165) is 6.42 Å². The van der Waals surface area contributed by atoms with Crippen molar-refractivity contribution in [2.24, 2.45) is 11.7 Å². The molecule has 0 saturated carbocycles. The lowest BCUT2D eigenvalue weighted by Gasteiger charge is -2.12. The van der Waals surface area contributed by atoms with Crippen LogP contribution in [0.15, 0.2) is 18.2 Å². The molecule has 1 atom stereocenters. The van der Waals surface area contributed by atoms with Crippen molar-refractivity contribution < 1.29 is 4.79 Å². The smallest absolute Gasteiger partial charge is 0.224 e. The average Bonchev–Trinajstić information content (AvgIpc) is 2.36. The highest BCUT2D eigenvalue weighted by Crippen LogP contribution is 2.20. The number of benzene rings is 1. The summed E-state index contributed by atoms with van der Waals surface area (Å²) in [6.07, 6.45) is 1.27. The van der Waals surface area contributed by atoms with E-state index in [9.17, 15) is 4.79 Å². The first-order valence-corrected chi connectivity index (χ1v) is 6.18. The summed E-state index contributed by atoms with van der Waals surface area (Å²) in [7, 11) is 0. The number of nitrogens with zero attached hydrogens (tertiary/aromatic N) is 1. The molecular formula is C13H16ClN3O. The Labute approximate surface area is 112 Å². The van der Waals surface area contributed by atoms with Gasteiger partial charge in [0.05, 0.1) is 10.6 Å². The number of nitrogens with two attached hydrogens (primary N) is 1. The van der Waals surface area contributed by atoms with E-state index in [4.69, 9.17) is 22.6 Å². The second kappa shape index (κ2) is 7.00. The standard InChI is InChI=1S/C13H16ClN3O/c1-2-9(7-15)5-13(18)17-11-4-3-10(8-16)12(14)6-11/h3-4,6,9H,2,5,7,15H2,1H3,(H,17,18). The second-order valence-electron chi connectivity index (χ2n) is 4.07. The Morgan fingerprint density at radius 1 is 1.61 bits per heavy atom. The third-order valence-electron chi connectivity index (χ3n) is 2.76. The summed E-state index contributed by atoms with van der Waals surface area (Å²) < 4.78 is 0. The second-order valence-corrected chi connectivity index (χ2v) is 4.48. The van der Waals surface area contributed by atoms with Crippen molar-refractivity contribution in [1.29, 1.82) is 5.26 Å². The lowest BCUT2D eigenvalue weighted by Crippen LogP contribution is -2.21. The normalized spacial score (nSPS) is 11.7. The molecule has 1 unspecified atom stereocenters. The molecule has 0 aromatic heterocycles. The number of hydrogen-bond acceptors (Lipinski definition) is 3. The summed E-state index contributed by atoms with van der Waals surface area (Å²) in [6, 6.07) is 6.78. The molecule has 96 valence electrons. The van der Waals surface area contributed by atoms with Gasteiger partial charge < -0.3 is 11.1 Å². The van der Waals surface area contributed by atoms with Gasteiger partial charge in [0.1, 0.15) is 6.07 Å². The van der Waals surface area contributed by atoms with Gasteiger partial charge in [0.15, 0.2) is 0 Å². The predicted octanol–water partition coefficient (Wildman–Crippen LogP) is 2.53. The van der Waals surface area contributed by atoms with Crippen LogP contribution < -0.4 is 11.1 Å². The number of nitriles is 1. The fourth-order valence-corrected chi connectivity index (χ4v) is 1.77. The van der Waals surface area contributed by atoms with Gasteiger partial charge in [-0.05, 0) is 30.7 Å². The molecule has 0 saturated heterocycles. The summed E-state index contributed by atoms with van der Waals surface area (Å²) in [6.45, 7) is 2.50. The maximum atomic E-state index is 11.7. The Kier molecular flexibility index (Phi) is 5.63. The molecule has 1 aromatic rings. The van der Waals surface area contributed by atoms with Gasteiger partial charge in [-0.2, -0.15) is 5.26 Å². The number of hydrogen-bond donors (Lipinski definition) is 2. The monoisotopic (exact) mass is 265 g/mol. The third-order valence-corrected chi connectivity index (χ3v) is 3.07. The summed E-state index contributed by atoms with van der Waals surface area (Å²) in [4.78, 5) is 11.7. The van der Waals surface area contributed by atoms with Gasteiger partial charge in [-0.15, -0.1) is 0 Å². The summed E-state index contributed by atoms with van der Waals surface area (Å²) >= 11 is 5.88. The first kappa shape index (κ1) is 14.5. The summed E-state index contributed by atoms with van der Waals surface area (Å²) in [5.74, 6) is 0.104. The zero-order chi connectivity index (χ0) is 13.5. The fourth-order valence-electron chi connectivity index (χ4n) is 1.55. The lowest BCUT2D eigenvalue weighted by molar-refractivity contribution is -0.117. The van der Waals surface area contributed by atoms with Crippen molar-refractivity contribution in [3.63, 3.8) is 0 Å².